The average molecular weight is 403 g/mol. The summed E-state index contributed by atoms with van der Waals surface area (Å²) in [5.74, 6) is 0.226. The molecule has 2 aromatic rings. The fraction of sp³-hybridized carbons (Fsp3) is 0.294. The van der Waals surface area contributed by atoms with Crippen LogP contribution in [0.3, 0.4) is 0 Å². The second-order valence-electron chi connectivity index (χ2n) is 5.43. The van der Waals surface area contributed by atoms with Crippen molar-refractivity contribution in [2.24, 2.45) is 0 Å². The number of halogens is 3. The molecule has 1 aliphatic heterocycles. The van der Waals surface area contributed by atoms with Crippen LogP contribution in [0.1, 0.15) is 11.6 Å². The molecule has 1 unspecified atom stereocenters. The third-order valence-corrected chi connectivity index (χ3v) is 4.49. The van der Waals surface area contributed by atoms with Gasteiger partial charge in [0, 0.05) is 32.0 Å². The Morgan fingerprint density at radius 2 is 2.04 bits per heavy atom. The van der Waals surface area contributed by atoms with E-state index < -0.39 is 0 Å². The standard InChI is InChI=1S/C17H17Cl2N3O2.ClH/c18-13-4-1-5-14(19)17(13)24-11-16(23)22-8-7-21-10-15(22)12-3-2-6-20-9-12;/h1-6,9,15,21H,7-8,10-11H2;1H. The van der Waals surface area contributed by atoms with Crippen LogP contribution in [0.25, 0.3) is 0 Å². The number of pyridine rings is 1. The van der Waals surface area contributed by atoms with E-state index in [2.05, 4.69) is 10.3 Å². The molecule has 1 aromatic heterocycles. The zero-order chi connectivity index (χ0) is 16.9. The summed E-state index contributed by atoms with van der Waals surface area (Å²) in [5.41, 5.74) is 0.994. The number of carbonyl (C=O) groups excluding carboxylic acids is 1. The van der Waals surface area contributed by atoms with E-state index in [-0.39, 0.29) is 31.0 Å². The first-order valence-corrected chi connectivity index (χ1v) is 8.39. The average Bonchev–Trinajstić information content (AvgIpc) is 2.62. The van der Waals surface area contributed by atoms with Gasteiger partial charge in [-0.3, -0.25) is 9.78 Å². The third kappa shape index (κ3) is 4.76. The first-order chi connectivity index (χ1) is 11.7. The summed E-state index contributed by atoms with van der Waals surface area (Å²) in [4.78, 5) is 18.6. The number of amides is 1. The Hall–Kier alpha value is -1.53. The van der Waals surface area contributed by atoms with Crippen LogP contribution in [0.5, 0.6) is 5.75 Å². The molecule has 1 fully saturated rings. The zero-order valence-electron chi connectivity index (χ0n) is 13.3. The lowest BCUT2D eigenvalue weighted by molar-refractivity contribution is -0.136. The number of piperazine rings is 1. The lowest BCUT2D eigenvalue weighted by Crippen LogP contribution is -2.50. The van der Waals surface area contributed by atoms with E-state index >= 15 is 0 Å². The van der Waals surface area contributed by atoms with E-state index in [0.717, 1.165) is 12.1 Å². The Morgan fingerprint density at radius 3 is 2.72 bits per heavy atom. The van der Waals surface area contributed by atoms with Gasteiger partial charge in [-0.15, -0.1) is 12.4 Å². The van der Waals surface area contributed by atoms with Crippen molar-refractivity contribution in [1.82, 2.24) is 15.2 Å². The lowest BCUT2D eigenvalue weighted by Gasteiger charge is -2.36. The minimum absolute atomic E-state index is 0. The Bertz CT molecular complexity index is 695. The van der Waals surface area contributed by atoms with Crippen molar-refractivity contribution in [2.75, 3.05) is 26.2 Å². The van der Waals surface area contributed by atoms with Crippen molar-refractivity contribution >= 4 is 41.5 Å². The molecule has 1 atom stereocenters. The Morgan fingerprint density at radius 1 is 1.28 bits per heavy atom. The van der Waals surface area contributed by atoms with Crippen molar-refractivity contribution in [3.8, 4) is 5.75 Å². The number of nitrogens with one attached hydrogen (secondary N) is 1. The smallest absolute Gasteiger partial charge is 0.261 e. The highest BCUT2D eigenvalue weighted by Crippen LogP contribution is 2.32. The molecule has 1 amide bonds. The van der Waals surface area contributed by atoms with Crippen LogP contribution in [0, 0.1) is 0 Å². The topological polar surface area (TPSA) is 54.5 Å². The van der Waals surface area contributed by atoms with Gasteiger partial charge in [0.1, 0.15) is 0 Å². The molecular weight excluding hydrogens is 385 g/mol. The predicted octanol–water partition coefficient (Wildman–Crippen LogP) is 3.36. The molecule has 0 aliphatic carbocycles. The second-order valence-corrected chi connectivity index (χ2v) is 6.25. The molecule has 25 heavy (non-hydrogen) atoms. The van der Waals surface area contributed by atoms with Gasteiger partial charge in [0.2, 0.25) is 0 Å². The third-order valence-electron chi connectivity index (χ3n) is 3.89. The van der Waals surface area contributed by atoms with Crippen LogP contribution < -0.4 is 10.1 Å². The highest BCUT2D eigenvalue weighted by Gasteiger charge is 2.28. The van der Waals surface area contributed by atoms with Crippen molar-refractivity contribution in [1.29, 1.82) is 0 Å². The van der Waals surface area contributed by atoms with Crippen LogP contribution >= 0.6 is 35.6 Å². The van der Waals surface area contributed by atoms with E-state index in [1.807, 2.05) is 12.1 Å². The van der Waals surface area contributed by atoms with Crippen molar-refractivity contribution in [3.05, 3.63) is 58.3 Å². The van der Waals surface area contributed by atoms with Gasteiger partial charge >= 0.3 is 0 Å². The number of nitrogens with zero attached hydrogens (tertiary/aromatic N) is 2. The molecule has 0 saturated carbocycles. The van der Waals surface area contributed by atoms with Gasteiger partial charge < -0.3 is 15.0 Å². The number of para-hydroxylation sites is 1. The molecule has 2 heterocycles. The summed E-state index contributed by atoms with van der Waals surface area (Å²) in [5, 5.41) is 4.08. The highest BCUT2D eigenvalue weighted by molar-refractivity contribution is 6.37. The van der Waals surface area contributed by atoms with Gasteiger partial charge in [-0.2, -0.15) is 0 Å². The fourth-order valence-corrected chi connectivity index (χ4v) is 3.22. The molecule has 0 bridgehead atoms. The van der Waals surface area contributed by atoms with Gasteiger partial charge in [0.05, 0.1) is 16.1 Å². The molecule has 0 radical (unpaired) electrons. The van der Waals surface area contributed by atoms with Gasteiger partial charge in [-0.05, 0) is 23.8 Å². The number of rotatable bonds is 4. The monoisotopic (exact) mass is 401 g/mol. The largest absolute Gasteiger partial charge is 0.481 e. The van der Waals surface area contributed by atoms with E-state index in [4.69, 9.17) is 27.9 Å². The molecule has 3 rings (SSSR count). The van der Waals surface area contributed by atoms with Crippen LogP contribution in [-0.2, 0) is 4.79 Å². The number of aromatic nitrogens is 1. The summed E-state index contributed by atoms with van der Waals surface area (Å²) in [6.45, 7) is 1.93. The first-order valence-electron chi connectivity index (χ1n) is 7.63. The van der Waals surface area contributed by atoms with Gasteiger partial charge in [-0.1, -0.05) is 35.3 Å². The first kappa shape index (κ1) is 19.8. The molecule has 134 valence electrons. The van der Waals surface area contributed by atoms with Crippen LogP contribution in [0.15, 0.2) is 42.7 Å². The molecule has 5 nitrogen and oxygen atoms in total. The Kier molecular flexibility index (Phi) is 7.32. The minimum atomic E-state index is -0.111. The van der Waals surface area contributed by atoms with E-state index in [1.165, 1.54) is 0 Å². The van der Waals surface area contributed by atoms with Gasteiger partial charge in [-0.25, -0.2) is 0 Å². The van der Waals surface area contributed by atoms with E-state index in [0.29, 0.717) is 28.9 Å². The summed E-state index contributed by atoms with van der Waals surface area (Å²) in [7, 11) is 0. The molecule has 8 heteroatoms. The quantitative estimate of drug-likeness (QED) is 0.852. The van der Waals surface area contributed by atoms with Crippen LogP contribution in [0.4, 0.5) is 0 Å². The minimum Gasteiger partial charge on any atom is -0.481 e. The maximum absolute atomic E-state index is 12.6. The number of benzene rings is 1. The van der Waals surface area contributed by atoms with E-state index in [9.17, 15) is 4.79 Å². The Balaban J connectivity index is 0.00000225. The number of ether oxygens (including phenoxy) is 1. The van der Waals surface area contributed by atoms with Crippen molar-refractivity contribution < 1.29 is 9.53 Å². The SMILES string of the molecule is Cl.O=C(COc1c(Cl)cccc1Cl)N1CCNCC1c1cccnc1. The number of hydrogen-bond acceptors (Lipinski definition) is 4. The van der Waals surface area contributed by atoms with E-state index in [1.54, 1.807) is 35.5 Å². The highest BCUT2D eigenvalue weighted by atomic mass is 35.5. The van der Waals surface area contributed by atoms with Crippen molar-refractivity contribution in [3.63, 3.8) is 0 Å². The van der Waals surface area contributed by atoms with Gasteiger partial charge in [0.25, 0.3) is 5.91 Å². The maximum Gasteiger partial charge on any atom is 0.261 e. The lowest BCUT2D eigenvalue weighted by atomic mass is 10.1. The molecule has 1 aliphatic rings. The van der Waals surface area contributed by atoms with Gasteiger partial charge in [0.15, 0.2) is 12.4 Å². The second kappa shape index (κ2) is 9.25. The molecule has 1 aromatic carbocycles. The Labute approximate surface area is 162 Å². The number of hydrogen-bond donors (Lipinski definition) is 1. The molecule has 1 saturated heterocycles. The van der Waals surface area contributed by atoms with Crippen LogP contribution in [0.2, 0.25) is 10.0 Å². The number of carbonyl (C=O) groups is 1. The summed E-state index contributed by atoms with van der Waals surface area (Å²) in [6, 6.07) is 8.86. The summed E-state index contributed by atoms with van der Waals surface area (Å²) in [6.07, 6.45) is 3.50. The summed E-state index contributed by atoms with van der Waals surface area (Å²) >= 11 is 12.1. The molecule has 1 N–H and O–H groups in total. The molecular formula is C17H18Cl3N3O2. The van der Waals surface area contributed by atoms with Crippen molar-refractivity contribution in [2.45, 2.75) is 6.04 Å². The molecule has 0 spiro atoms. The van der Waals surface area contributed by atoms with Crippen LogP contribution in [-0.4, -0.2) is 42.0 Å². The normalized spacial score (nSPS) is 16.9. The zero-order valence-corrected chi connectivity index (χ0v) is 15.7. The summed E-state index contributed by atoms with van der Waals surface area (Å²) < 4.78 is 5.58. The predicted molar refractivity (Wildman–Crippen MR) is 101 cm³/mol. The maximum atomic E-state index is 12.6. The fourth-order valence-electron chi connectivity index (χ4n) is 2.71.